The molecule has 0 saturated carbocycles. The van der Waals surface area contributed by atoms with Gasteiger partial charge in [0.05, 0.1) is 5.69 Å². The van der Waals surface area contributed by atoms with Crippen molar-refractivity contribution in [1.29, 1.82) is 0 Å². The van der Waals surface area contributed by atoms with Crippen LogP contribution in [0.5, 0.6) is 0 Å². The number of anilines is 1. The molecule has 1 amide bonds. The van der Waals surface area contributed by atoms with Crippen molar-refractivity contribution in [3.8, 4) is 0 Å². The summed E-state index contributed by atoms with van der Waals surface area (Å²) in [5.41, 5.74) is 0.953. The Kier molecular flexibility index (Phi) is 3.58. The average Bonchev–Trinajstić information content (AvgIpc) is 2.32. The third-order valence-corrected chi connectivity index (χ3v) is 2.80. The number of aromatic amines is 1. The molecule has 1 aromatic heterocycles. The number of halogens is 1. The van der Waals surface area contributed by atoms with Crippen LogP contribution in [0.15, 0.2) is 47.4 Å². The monoisotopic (exact) mass is 340 g/mol. The molecule has 0 aliphatic rings. The van der Waals surface area contributed by atoms with Crippen LogP contribution in [0.3, 0.4) is 0 Å². The molecule has 0 unspecified atom stereocenters. The first-order valence-electron chi connectivity index (χ1n) is 4.91. The van der Waals surface area contributed by atoms with Gasteiger partial charge in [-0.2, -0.15) is 0 Å². The minimum Gasteiger partial charge on any atom is -0.327 e. The molecular weight excluding hydrogens is 331 g/mol. The van der Waals surface area contributed by atoms with Crippen molar-refractivity contribution in [2.24, 2.45) is 0 Å². The smallest absolute Gasteiger partial charge is 0.255 e. The Bertz CT molecular complexity index is 587. The van der Waals surface area contributed by atoms with Gasteiger partial charge in [0.25, 0.3) is 5.91 Å². The van der Waals surface area contributed by atoms with Crippen molar-refractivity contribution < 1.29 is 4.79 Å². The van der Waals surface area contributed by atoms with Gasteiger partial charge in [-0.15, -0.1) is 0 Å². The number of nitrogens with one attached hydrogen (secondary N) is 2. The van der Waals surface area contributed by atoms with E-state index in [1.54, 1.807) is 18.2 Å². The summed E-state index contributed by atoms with van der Waals surface area (Å²) in [4.78, 5) is 25.2. The molecule has 17 heavy (non-hydrogen) atoms. The maximum absolute atomic E-state index is 11.8. The number of carbonyl (C=O) groups excluding carboxylic acids is 1. The van der Waals surface area contributed by atoms with E-state index in [1.165, 1.54) is 12.3 Å². The summed E-state index contributed by atoms with van der Waals surface area (Å²) in [6.45, 7) is 0. The fraction of sp³-hybridized carbons (Fsp3) is 0. The summed E-state index contributed by atoms with van der Waals surface area (Å²) in [6.07, 6.45) is 1.47. The van der Waals surface area contributed by atoms with Crippen molar-refractivity contribution in [3.63, 3.8) is 0 Å². The van der Waals surface area contributed by atoms with Crippen molar-refractivity contribution in [2.75, 3.05) is 5.32 Å². The molecule has 0 atom stereocenters. The maximum atomic E-state index is 11.8. The van der Waals surface area contributed by atoms with Crippen LogP contribution in [-0.2, 0) is 0 Å². The summed E-state index contributed by atoms with van der Waals surface area (Å²) in [5.74, 6) is -0.199. The van der Waals surface area contributed by atoms with Gasteiger partial charge >= 0.3 is 0 Å². The zero-order valence-electron chi connectivity index (χ0n) is 8.74. The van der Waals surface area contributed by atoms with Gasteiger partial charge in [-0.25, -0.2) is 0 Å². The Morgan fingerprint density at radius 2 is 2.06 bits per heavy atom. The highest BCUT2D eigenvalue weighted by Crippen LogP contribution is 2.10. The molecule has 2 aromatic rings. The number of hydrogen-bond donors (Lipinski definition) is 2. The standard InChI is InChI=1S/C12H9IN2O2/c13-9-3-1-2-8(6-9)12(17)15-10-4-5-11(16)14-7-10/h1-7H,(H,14,16)(H,15,17). The Labute approximate surface area is 111 Å². The van der Waals surface area contributed by atoms with Crippen molar-refractivity contribution >= 4 is 34.2 Å². The largest absolute Gasteiger partial charge is 0.327 e. The van der Waals surface area contributed by atoms with Crippen LogP contribution >= 0.6 is 22.6 Å². The number of benzene rings is 1. The summed E-state index contributed by atoms with van der Waals surface area (Å²) < 4.78 is 0.997. The van der Waals surface area contributed by atoms with Crippen molar-refractivity contribution in [3.05, 3.63) is 62.1 Å². The first kappa shape index (κ1) is 11.8. The van der Waals surface area contributed by atoms with Gasteiger partial charge in [0.1, 0.15) is 0 Å². The number of aromatic nitrogens is 1. The Morgan fingerprint density at radius 1 is 1.24 bits per heavy atom. The van der Waals surface area contributed by atoms with Gasteiger partial charge in [0.2, 0.25) is 5.56 Å². The van der Waals surface area contributed by atoms with Crippen molar-refractivity contribution in [2.45, 2.75) is 0 Å². The molecule has 0 bridgehead atoms. The lowest BCUT2D eigenvalue weighted by atomic mass is 10.2. The van der Waals surface area contributed by atoms with Gasteiger partial charge < -0.3 is 10.3 Å². The number of H-pyrrole nitrogens is 1. The Balaban J connectivity index is 2.17. The first-order chi connectivity index (χ1) is 8.15. The first-order valence-corrected chi connectivity index (χ1v) is 5.99. The maximum Gasteiger partial charge on any atom is 0.255 e. The minimum absolute atomic E-state index is 0.197. The zero-order valence-corrected chi connectivity index (χ0v) is 10.9. The topological polar surface area (TPSA) is 62.0 Å². The predicted octanol–water partition coefficient (Wildman–Crippen LogP) is 2.23. The van der Waals surface area contributed by atoms with Crippen LogP contribution in [0.25, 0.3) is 0 Å². The van der Waals surface area contributed by atoms with Gasteiger partial charge in [0, 0.05) is 21.4 Å². The van der Waals surface area contributed by atoms with Gasteiger partial charge in [-0.1, -0.05) is 6.07 Å². The van der Waals surface area contributed by atoms with E-state index >= 15 is 0 Å². The summed E-state index contributed by atoms with van der Waals surface area (Å²) >= 11 is 2.15. The van der Waals surface area contributed by atoms with E-state index in [-0.39, 0.29) is 11.5 Å². The highest BCUT2D eigenvalue weighted by atomic mass is 127. The number of pyridine rings is 1. The van der Waals surface area contributed by atoms with E-state index in [4.69, 9.17) is 0 Å². The zero-order chi connectivity index (χ0) is 12.3. The van der Waals surface area contributed by atoms with Gasteiger partial charge in [-0.3, -0.25) is 9.59 Å². The number of amides is 1. The van der Waals surface area contributed by atoms with E-state index in [9.17, 15) is 9.59 Å². The fourth-order valence-corrected chi connectivity index (χ4v) is 1.86. The Hall–Kier alpha value is -1.63. The SMILES string of the molecule is O=C(Nc1ccc(=O)[nH]c1)c1cccc(I)c1. The molecule has 0 radical (unpaired) electrons. The molecular formula is C12H9IN2O2. The number of rotatable bonds is 2. The second-order valence-electron chi connectivity index (χ2n) is 3.41. The van der Waals surface area contributed by atoms with Crippen LogP contribution in [-0.4, -0.2) is 10.9 Å². The molecule has 0 fully saturated rings. The Morgan fingerprint density at radius 3 is 2.71 bits per heavy atom. The lowest BCUT2D eigenvalue weighted by Crippen LogP contribution is -2.13. The molecule has 1 aromatic carbocycles. The van der Waals surface area contributed by atoms with E-state index in [1.807, 2.05) is 12.1 Å². The normalized spacial score (nSPS) is 9.94. The molecule has 2 rings (SSSR count). The van der Waals surface area contributed by atoms with Crippen LogP contribution in [0, 0.1) is 3.57 Å². The molecule has 0 aliphatic heterocycles. The van der Waals surface area contributed by atoms with E-state index in [0.717, 1.165) is 3.57 Å². The van der Waals surface area contributed by atoms with E-state index in [0.29, 0.717) is 11.3 Å². The highest BCUT2D eigenvalue weighted by Gasteiger charge is 2.05. The number of carbonyl (C=O) groups is 1. The van der Waals surface area contributed by atoms with Gasteiger partial charge in [0.15, 0.2) is 0 Å². The van der Waals surface area contributed by atoms with Crippen molar-refractivity contribution in [1.82, 2.24) is 4.98 Å². The van der Waals surface area contributed by atoms with Gasteiger partial charge in [-0.05, 0) is 46.9 Å². The molecule has 0 aliphatic carbocycles. The minimum atomic E-state index is -0.199. The molecule has 4 nitrogen and oxygen atoms in total. The van der Waals surface area contributed by atoms with Crippen LogP contribution in [0.1, 0.15) is 10.4 Å². The second kappa shape index (κ2) is 5.13. The molecule has 0 saturated heterocycles. The molecule has 1 heterocycles. The third-order valence-electron chi connectivity index (χ3n) is 2.13. The molecule has 2 N–H and O–H groups in total. The summed E-state index contributed by atoms with van der Waals surface area (Å²) in [7, 11) is 0. The fourth-order valence-electron chi connectivity index (χ4n) is 1.32. The predicted molar refractivity (Wildman–Crippen MR) is 74.2 cm³/mol. The highest BCUT2D eigenvalue weighted by molar-refractivity contribution is 14.1. The molecule has 5 heteroatoms. The van der Waals surface area contributed by atoms with Crippen LogP contribution in [0.2, 0.25) is 0 Å². The lowest BCUT2D eigenvalue weighted by molar-refractivity contribution is 0.102. The molecule has 0 spiro atoms. The van der Waals surface area contributed by atoms with Crippen LogP contribution in [0.4, 0.5) is 5.69 Å². The second-order valence-corrected chi connectivity index (χ2v) is 4.65. The van der Waals surface area contributed by atoms with E-state index < -0.39 is 0 Å². The third kappa shape index (κ3) is 3.16. The van der Waals surface area contributed by atoms with Crippen LogP contribution < -0.4 is 10.9 Å². The van der Waals surface area contributed by atoms with E-state index in [2.05, 4.69) is 32.9 Å². The quantitative estimate of drug-likeness (QED) is 0.824. The summed E-state index contributed by atoms with van der Waals surface area (Å²) in [6, 6.07) is 10.2. The lowest BCUT2D eigenvalue weighted by Gasteiger charge is -2.04. The molecule has 86 valence electrons. The summed E-state index contributed by atoms with van der Waals surface area (Å²) in [5, 5.41) is 2.70. The average molecular weight is 340 g/mol. The number of hydrogen-bond acceptors (Lipinski definition) is 2.